The van der Waals surface area contributed by atoms with Gasteiger partial charge in [0.1, 0.15) is 0 Å². The Morgan fingerprint density at radius 3 is 2.57 bits per heavy atom. The molecule has 0 saturated heterocycles. The van der Waals surface area contributed by atoms with Crippen molar-refractivity contribution in [3.63, 3.8) is 0 Å². The highest BCUT2D eigenvalue weighted by Crippen LogP contribution is 2.21. The van der Waals surface area contributed by atoms with E-state index in [0.717, 1.165) is 18.7 Å². The lowest BCUT2D eigenvalue weighted by atomic mass is 10.1. The minimum atomic E-state index is -0.308. The molecule has 2 aromatic heterocycles. The molecule has 0 spiro atoms. The molecule has 23 heavy (non-hydrogen) atoms. The molecule has 2 aromatic rings. The first-order valence-corrected chi connectivity index (χ1v) is 7.91. The molecule has 0 aliphatic carbocycles. The van der Waals surface area contributed by atoms with Crippen molar-refractivity contribution >= 4 is 0 Å². The minimum Gasteiger partial charge on any atom is -0.503 e. The van der Waals surface area contributed by atoms with E-state index in [1.807, 2.05) is 30.7 Å². The first kappa shape index (κ1) is 17.2. The van der Waals surface area contributed by atoms with E-state index in [1.54, 1.807) is 12.4 Å². The predicted octanol–water partition coefficient (Wildman–Crippen LogP) is 2.51. The first-order valence-electron chi connectivity index (χ1n) is 7.91. The van der Waals surface area contributed by atoms with Crippen LogP contribution in [-0.2, 0) is 13.0 Å². The Morgan fingerprint density at radius 1 is 1.30 bits per heavy atom. The van der Waals surface area contributed by atoms with Crippen LogP contribution in [-0.4, -0.2) is 33.1 Å². The van der Waals surface area contributed by atoms with Crippen molar-refractivity contribution in [3.05, 3.63) is 57.8 Å². The van der Waals surface area contributed by atoms with E-state index in [2.05, 4.69) is 23.7 Å². The average Bonchev–Trinajstić information content (AvgIpc) is 2.51. The number of aromatic hydroxyl groups is 1. The molecule has 1 N–H and O–H groups in total. The van der Waals surface area contributed by atoms with E-state index in [4.69, 9.17) is 0 Å². The van der Waals surface area contributed by atoms with Gasteiger partial charge in [0.05, 0.1) is 5.69 Å². The fourth-order valence-electron chi connectivity index (χ4n) is 2.87. The van der Waals surface area contributed by atoms with E-state index in [9.17, 15) is 9.90 Å². The molecule has 0 saturated carbocycles. The number of likely N-dealkylation sites (N-methyl/N-ethyl adjacent to an activating group) is 1. The summed E-state index contributed by atoms with van der Waals surface area (Å²) in [5, 5.41) is 10.2. The topological polar surface area (TPSA) is 58.4 Å². The fourth-order valence-corrected chi connectivity index (χ4v) is 2.87. The predicted molar refractivity (Wildman–Crippen MR) is 91.8 cm³/mol. The highest BCUT2D eigenvalue weighted by Gasteiger charge is 2.16. The zero-order valence-electron chi connectivity index (χ0n) is 14.3. The summed E-state index contributed by atoms with van der Waals surface area (Å²) < 4.78 is 2.03. The molecule has 0 unspecified atom stereocenters. The van der Waals surface area contributed by atoms with Gasteiger partial charge in [0.25, 0.3) is 0 Å². The normalized spacial score (nSPS) is 11.4. The number of aryl methyl sites for hydroxylation is 1. The van der Waals surface area contributed by atoms with Crippen LogP contribution in [0.4, 0.5) is 0 Å². The fraction of sp³-hybridized carbons (Fsp3) is 0.444. The molecule has 2 heterocycles. The second-order valence-electron chi connectivity index (χ2n) is 6.25. The molecule has 124 valence electrons. The molecule has 0 atom stereocenters. The molecular weight excluding hydrogens is 290 g/mol. The van der Waals surface area contributed by atoms with E-state index < -0.39 is 0 Å². The van der Waals surface area contributed by atoms with Gasteiger partial charge in [0.2, 0.25) is 5.43 Å². The summed E-state index contributed by atoms with van der Waals surface area (Å²) in [6.45, 7) is 7.38. The Labute approximate surface area is 137 Å². The van der Waals surface area contributed by atoms with E-state index >= 15 is 0 Å². The molecule has 5 heteroatoms. The molecular formula is C18H25N3O2. The van der Waals surface area contributed by atoms with Gasteiger partial charge >= 0.3 is 0 Å². The zero-order chi connectivity index (χ0) is 17.0. The number of pyridine rings is 2. The van der Waals surface area contributed by atoms with Gasteiger partial charge in [-0.05, 0) is 51.9 Å². The van der Waals surface area contributed by atoms with Gasteiger partial charge in [0, 0.05) is 43.3 Å². The van der Waals surface area contributed by atoms with Crippen molar-refractivity contribution in [2.75, 3.05) is 13.6 Å². The van der Waals surface area contributed by atoms with Crippen molar-refractivity contribution in [1.29, 1.82) is 0 Å². The average molecular weight is 315 g/mol. The maximum absolute atomic E-state index is 11.9. The Morgan fingerprint density at radius 2 is 1.96 bits per heavy atom. The van der Waals surface area contributed by atoms with Crippen LogP contribution in [0.15, 0.2) is 35.4 Å². The van der Waals surface area contributed by atoms with Crippen LogP contribution >= 0.6 is 0 Å². The lowest BCUT2D eigenvalue weighted by Gasteiger charge is -2.25. The summed E-state index contributed by atoms with van der Waals surface area (Å²) >= 11 is 0. The van der Waals surface area contributed by atoms with E-state index in [0.29, 0.717) is 12.2 Å². The standard InChI is InChI=1S/C18H25N3O2/c1-13(2)21-14(3)11-17(22)18(23)16(21)12-20(4)10-7-15-5-8-19-9-6-15/h5-6,8-9,11,13,23H,7,10,12H2,1-4H3. The molecule has 0 amide bonds. The maximum atomic E-state index is 11.9. The molecule has 5 nitrogen and oxygen atoms in total. The largest absolute Gasteiger partial charge is 0.503 e. The van der Waals surface area contributed by atoms with Gasteiger partial charge in [-0.25, -0.2) is 0 Å². The third-order valence-electron chi connectivity index (χ3n) is 3.99. The summed E-state index contributed by atoms with van der Waals surface area (Å²) in [6, 6.07) is 5.69. The Kier molecular flexibility index (Phi) is 5.55. The van der Waals surface area contributed by atoms with Crippen molar-refractivity contribution in [2.24, 2.45) is 0 Å². The van der Waals surface area contributed by atoms with Crippen LogP contribution in [0.1, 0.15) is 36.8 Å². The van der Waals surface area contributed by atoms with Crippen LogP contribution in [0.5, 0.6) is 5.75 Å². The van der Waals surface area contributed by atoms with Crippen LogP contribution in [0, 0.1) is 6.92 Å². The quantitative estimate of drug-likeness (QED) is 0.890. The second-order valence-corrected chi connectivity index (χ2v) is 6.25. The van der Waals surface area contributed by atoms with Crippen LogP contribution in [0.3, 0.4) is 0 Å². The summed E-state index contributed by atoms with van der Waals surface area (Å²) in [7, 11) is 2.00. The third-order valence-corrected chi connectivity index (χ3v) is 3.99. The third kappa shape index (κ3) is 4.20. The number of aromatic nitrogens is 2. The summed E-state index contributed by atoms with van der Waals surface area (Å²) in [4.78, 5) is 18.0. The summed E-state index contributed by atoms with van der Waals surface area (Å²) in [5.74, 6) is -0.139. The maximum Gasteiger partial charge on any atom is 0.223 e. The van der Waals surface area contributed by atoms with Crippen LogP contribution < -0.4 is 5.43 Å². The van der Waals surface area contributed by atoms with Crippen LogP contribution in [0.2, 0.25) is 0 Å². The second kappa shape index (κ2) is 7.42. The zero-order valence-corrected chi connectivity index (χ0v) is 14.3. The molecule has 0 bridgehead atoms. The number of hydrogen-bond acceptors (Lipinski definition) is 4. The lowest BCUT2D eigenvalue weighted by molar-refractivity contribution is 0.305. The van der Waals surface area contributed by atoms with Gasteiger partial charge in [-0.1, -0.05) is 0 Å². The van der Waals surface area contributed by atoms with Crippen molar-refractivity contribution in [3.8, 4) is 5.75 Å². The first-order chi connectivity index (χ1) is 10.9. The molecule has 0 fully saturated rings. The monoisotopic (exact) mass is 315 g/mol. The van der Waals surface area contributed by atoms with Crippen molar-refractivity contribution < 1.29 is 5.11 Å². The number of hydrogen-bond donors (Lipinski definition) is 1. The smallest absolute Gasteiger partial charge is 0.223 e. The Balaban J connectivity index is 2.17. The van der Waals surface area contributed by atoms with E-state index in [-0.39, 0.29) is 17.2 Å². The highest BCUT2D eigenvalue weighted by atomic mass is 16.3. The Hall–Kier alpha value is -2.14. The highest BCUT2D eigenvalue weighted by molar-refractivity contribution is 5.30. The van der Waals surface area contributed by atoms with Gasteiger partial charge in [-0.15, -0.1) is 0 Å². The number of nitrogens with zero attached hydrogens (tertiary/aromatic N) is 3. The molecule has 0 aromatic carbocycles. The van der Waals surface area contributed by atoms with Gasteiger partial charge in [0.15, 0.2) is 5.75 Å². The van der Waals surface area contributed by atoms with Crippen molar-refractivity contribution in [1.82, 2.24) is 14.5 Å². The summed E-state index contributed by atoms with van der Waals surface area (Å²) in [5.41, 5.74) is 2.47. The molecule has 2 rings (SSSR count). The van der Waals surface area contributed by atoms with E-state index in [1.165, 1.54) is 11.6 Å². The summed E-state index contributed by atoms with van der Waals surface area (Å²) in [6.07, 6.45) is 4.48. The molecule has 0 aliphatic rings. The number of rotatable bonds is 6. The molecule has 0 aliphatic heterocycles. The lowest BCUT2D eigenvalue weighted by Crippen LogP contribution is -2.26. The molecule has 0 radical (unpaired) electrons. The van der Waals surface area contributed by atoms with Crippen molar-refractivity contribution in [2.45, 2.75) is 39.8 Å². The van der Waals surface area contributed by atoms with Gasteiger partial charge < -0.3 is 14.6 Å². The Bertz CT molecular complexity index is 708. The SMILES string of the molecule is Cc1cc(=O)c(O)c(CN(C)CCc2ccncc2)n1C(C)C. The van der Waals surface area contributed by atoms with Crippen LogP contribution in [0.25, 0.3) is 0 Å². The van der Waals surface area contributed by atoms with Gasteiger partial charge in [-0.2, -0.15) is 0 Å². The minimum absolute atomic E-state index is 0.139. The van der Waals surface area contributed by atoms with Gasteiger partial charge in [-0.3, -0.25) is 9.78 Å².